The average molecular weight is 358 g/mol. The van der Waals surface area contributed by atoms with Crippen LogP contribution in [0.3, 0.4) is 0 Å². The number of nitrogens with zero attached hydrogens (tertiary/aromatic N) is 1. The predicted octanol–water partition coefficient (Wildman–Crippen LogP) is 5.58. The molecule has 0 saturated heterocycles. The number of hydrogen-bond acceptors (Lipinski definition) is 3. The largest absolute Gasteiger partial charge is 0.322 e. The maximum Gasteiger partial charge on any atom is 0.255 e. The van der Waals surface area contributed by atoms with E-state index in [-0.39, 0.29) is 5.91 Å². The molecule has 26 heavy (non-hydrogen) atoms. The van der Waals surface area contributed by atoms with Crippen LogP contribution in [0.2, 0.25) is 0 Å². The number of carbonyl (C=O) groups is 1. The van der Waals surface area contributed by atoms with E-state index in [4.69, 9.17) is 5.26 Å². The van der Waals surface area contributed by atoms with E-state index in [9.17, 15) is 4.79 Å². The molecule has 0 bridgehead atoms. The molecule has 0 saturated carbocycles. The molecule has 3 rings (SSSR count). The van der Waals surface area contributed by atoms with Crippen molar-refractivity contribution < 1.29 is 4.79 Å². The molecule has 128 valence electrons. The summed E-state index contributed by atoms with van der Waals surface area (Å²) in [4.78, 5) is 14.6. The Balaban J connectivity index is 1.68. The highest BCUT2D eigenvalue weighted by Crippen LogP contribution is 2.31. The summed E-state index contributed by atoms with van der Waals surface area (Å²) in [7, 11) is 0. The molecule has 0 fully saturated rings. The van der Waals surface area contributed by atoms with Crippen LogP contribution in [0.25, 0.3) is 0 Å². The SMILES string of the molecule is Cc1ccc(C)c(Sc2ccc(NC(=O)c3ccc(C#N)cc3)cc2)c1. The van der Waals surface area contributed by atoms with Crippen molar-refractivity contribution >= 4 is 23.4 Å². The average Bonchev–Trinajstić information content (AvgIpc) is 2.66. The van der Waals surface area contributed by atoms with Crippen molar-refractivity contribution in [3.8, 4) is 6.07 Å². The number of nitrogens with one attached hydrogen (secondary N) is 1. The zero-order valence-corrected chi connectivity index (χ0v) is 15.4. The van der Waals surface area contributed by atoms with E-state index in [2.05, 4.69) is 37.4 Å². The number of benzene rings is 3. The molecule has 0 radical (unpaired) electrons. The Bertz CT molecular complexity index is 971. The lowest BCUT2D eigenvalue weighted by Gasteiger charge is -2.09. The number of hydrogen-bond donors (Lipinski definition) is 1. The summed E-state index contributed by atoms with van der Waals surface area (Å²) in [5.74, 6) is -0.190. The molecule has 3 aromatic rings. The highest BCUT2D eigenvalue weighted by molar-refractivity contribution is 7.99. The summed E-state index contributed by atoms with van der Waals surface area (Å²) >= 11 is 1.71. The lowest BCUT2D eigenvalue weighted by molar-refractivity contribution is 0.102. The van der Waals surface area contributed by atoms with Crippen LogP contribution >= 0.6 is 11.8 Å². The van der Waals surface area contributed by atoms with Crippen molar-refractivity contribution in [2.45, 2.75) is 23.6 Å². The van der Waals surface area contributed by atoms with E-state index in [0.717, 1.165) is 10.6 Å². The van der Waals surface area contributed by atoms with Crippen LogP contribution in [-0.4, -0.2) is 5.91 Å². The summed E-state index contributed by atoms with van der Waals surface area (Å²) in [6, 6.07) is 22.8. The Hall–Kier alpha value is -3.03. The quantitative estimate of drug-likeness (QED) is 0.662. The van der Waals surface area contributed by atoms with E-state index < -0.39 is 0 Å². The fourth-order valence-corrected chi connectivity index (χ4v) is 3.45. The van der Waals surface area contributed by atoms with E-state index in [1.54, 1.807) is 36.0 Å². The van der Waals surface area contributed by atoms with Crippen molar-refractivity contribution in [1.82, 2.24) is 0 Å². The highest BCUT2D eigenvalue weighted by Gasteiger charge is 2.07. The molecule has 1 amide bonds. The van der Waals surface area contributed by atoms with E-state index in [1.165, 1.54) is 16.0 Å². The number of anilines is 1. The number of amides is 1. The summed E-state index contributed by atoms with van der Waals surface area (Å²) in [6.07, 6.45) is 0. The lowest BCUT2D eigenvalue weighted by atomic mass is 10.1. The van der Waals surface area contributed by atoms with Crippen LogP contribution in [0.15, 0.2) is 76.5 Å². The van der Waals surface area contributed by atoms with Gasteiger partial charge in [0.25, 0.3) is 5.91 Å². The van der Waals surface area contributed by atoms with Crippen LogP contribution in [0.4, 0.5) is 5.69 Å². The van der Waals surface area contributed by atoms with Gasteiger partial charge in [-0.3, -0.25) is 4.79 Å². The van der Waals surface area contributed by atoms with Crippen LogP contribution in [0.1, 0.15) is 27.0 Å². The van der Waals surface area contributed by atoms with E-state index in [1.807, 2.05) is 30.3 Å². The fourth-order valence-electron chi connectivity index (χ4n) is 2.45. The Morgan fingerprint density at radius 1 is 0.962 bits per heavy atom. The lowest BCUT2D eigenvalue weighted by Crippen LogP contribution is -2.11. The highest BCUT2D eigenvalue weighted by atomic mass is 32.2. The summed E-state index contributed by atoms with van der Waals surface area (Å²) in [5, 5.41) is 11.7. The van der Waals surface area contributed by atoms with Gasteiger partial charge in [0.05, 0.1) is 11.6 Å². The monoisotopic (exact) mass is 358 g/mol. The second kappa shape index (κ2) is 7.90. The van der Waals surface area contributed by atoms with Gasteiger partial charge in [0, 0.05) is 21.0 Å². The second-order valence-electron chi connectivity index (χ2n) is 6.04. The third-order valence-electron chi connectivity index (χ3n) is 3.96. The first kappa shape index (κ1) is 17.8. The molecule has 0 aromatic heterocycles. The van der Waals surface area contributed by atoms with Crippen molar-refractivity contribution in [3.05, 3.63) is 89.0 Å². The van der Waals surface area contributed by atoms with Gasteiger partial charge in [0.1, 0.15) is 0 Å². The van der Waals surface area contributed by atoms with Crippen molar-refractivity contribution in [2.75, 3.05) is 5.32 Å². The molecule has 0 spiro atoms. The molecule has 0 unspecified atom stereocenters. The molecule has 3 aromatic carbocycles. The molecule has 4 heteroatoms. The van der Waals surface area contributed by atoms with Gasteiger partial charge < -0.3 is 5.32 Å². The van der Waals surface area contributed by atoms with Gasteiger partial charge in [-0.15, -0.1) is 0 Å². The molecule has 1 N–H and O–H groups in total. The van der Waals surface area contributed by atoms with Gasteiger partial charge in [-0.1, -0.05) is 23.9 Å². The molecule has 3 nitrogen and oxygen atoms in total. The van der Waals surface area contributed by atoms with Crippen LogP contribution in [0, 0.1) is 25.2 Å². The van der Waals surface area contributed by atoms with Gasteiger partial charge in [-0.2, -0.15) is 5.26 Å². The standard InChI is InChI=1S/C22H18N2OS/c1-15-3-4-16(2)21(13-15)26-20-11-9-19(10-12-20)24-22(25)18-7-5-17(14-23)6-8-18/h3-13H,1-2H3,(H,24,25). The topological polar surface area (TPSA) is 52.9 Å². The Morgan fingerprint density at radius 3 is 2.31 bits per heavy atom. The van der Waals surface area contributed by atoms with Gasteiger partial charge in [0.15, 0.2) is 0 Å². The number of carbonyl (C=O) groups excluding carboxylic acids is 1. The van der Waals surface area contributed by atoms with E-state index in [0.29, 0.717) is 11.1 Å². The Labute approximate surface area is 157 Å². The number of nitriles is 1. The molecular weight excluding hydrogens is 340 g/mol. The zero-order valence-electron chi connectivity index (χ0n) is 14.6. The smallest absolute Gasteiger partial charge is 0.255 e. The molecule has 0 aliphatic heterocycles. The summed E-state index contributed by atoms with van der Waals surface area (Å²) in [5.41, 5.74) is 4.29. The van der Waals surface area contributed by atoms with Crippen molar-refractivity contribution in [2.24, 2.45) is 0 Å². The molecular formula is C22H18N2OS. The Morgan fingerprint density at radius 2 is 1.65 bits per heavy atom. The first-order valence-corrected chi connectivity index (χ1v) is 9.03. The van der Waals surface area contributed by atoms with Crippen LogP contribution in [0.5, 0.6) is 0 Å². The van der Waals surface area contributed by atoms with Crippen LogP contribution in [-0.2, 0) is 0 Å². The molecule has 0 aliphatic rings. The minimum Gasteiger partial charge on any atom is -0.322 e. The van der Waals surface area contributed by atoms with Crippen molar-refractivity contribution in [3.63, 3.8) is 0 Å². The maximum atomic E-state index is 12.3. The zero-order chi connectivity index (χ0) is 18.5. The number of aryl methyl sites for hydroxylation is 2. The first-order chi connectivity index (χ1) is 12.5. The second-order valence-corrected chi connectivity index (χ2v) is 7.15. The minimum atomic E-state index is -0.190. The Kier molecular flexibility index (Phi) is 5.40. The van der Waals surface area contributed by atoms with Crippen LogP contribution < -0.4 is 5.32 Å². The normalized spacial score (nSPS) is 10.2. The molecule has 0 aliphatic carbocycles. The minimum absolute atomic E-state index is 0.190. The summed E-state index contributed by atoms with van der Waals surface area (Å²) in [6.45, 7) is 4.19. The van der Waals surface area contributed by atoms with Gasteiger partial charge >= 0.3 is 0 Å². The molecule has 0 heterocycles. The third-order valence-corrected chi connectivity index (χ3v) is 5.13. The van der Waals surface area contributed by atoms with Crippen molar-refractivity contribution in [1.29, 1.82) is 5.26 Å². The summed E-state index contributed by atoms with van der Waals surface area (Å²) < 4.78 is 0. The van der Waals surface area contributed by atoms with Gasteiger partial charge in [-0.05, 0) is 79.6 Å². The first-order valence-electron chi connectivity index (χ1n) is 8.22. The fraction of sp³-hybridized carbons (Fsp3) is 0.0909. The van der Waals surface area contributed by atoms with Gasteiger partial charge in [-0.25, -0.2) is 0 Å². The third kappa shape index (κ3) is 4.33. The van der Waals surface area contributed by atoms with Gasteiger partial charge in [0.2, 0.25) is 0 Å². The predicted molar refractivity (Wildman–Crippen MR) is 106 cm³/mol. The number of rotatable bonds is 4. The van der Waals surface area contributed by atoms with E-state index >= 15 is 0 Å². The maximum absolute atomic E-state index is 12.3. The molecule has 0 atom stereocenters.